The average molecular weight is 563 g/mol. The third-order valence-electron chi connectivity index (χ3n) is 5.54. The molecule has 0 aliphatic carbocycles. The quantitative estimate of drug-likeness (QED) is 0.164. The molecule has 40 heavy (non-hydrogen) atoms. The summed E-state index contributed by atoms with van der Waals surface area (Å²) >= 11 is 0. The van der Waals surface area contributed by atoms with Gasteiger partial charge in [0.25, 0.3) is 0 Å². The number of rotatable bonds is 20. The molecule has 2 aromatic rings. The molecule has 9 nitrogen and oxygen atoms in total. The highest BCUT2D eigenvalue weighted by atomic mass is 16.5. The van der Waals surface area contributed by atoms with Crippen molar-refractivity contribution in [2.75, 3.05) is 39.6 Å². The van der Waals surface area contributed by atoms with Crippen LogP contribution in [0.3, 0.4) is 0 Å². The van der Waals surface area contributed by atoms with E-state index in [0.29, 0.717) is 65.0 Å². The van der Waals surface area contributed by atoms with E-state index in [9.17, 15) is 15.0 Å². The molecule has 0 spiro atoms. The predicted molar refractivity (Wildman–Crippen MR) is 154 cm³/mol. The number of benzene rings is 2. The largest absolute Gasteiger partial charge is 0.504 e. The van der Waals surface area contributed by atoms with Crippen LogP contribution in [-0.2, 0) is 0 Å². The van der Waals surface area contributed by atoms with Crippen LogP contribution in [0.1, 0.15) is 96.0 Å². The van der Waals surface area contributed by atoms with Gasteiger partial charge in [-0.25, -0.2) is 0 Å². The molecule has 224 valence electrons. The highest BCUT2D eigenvalue weighted by molar-refractivity contribution is 6.17. The molecule has 0 aliphatic heterocycles. The van der Waals surface area contributed by atoms with Crippen LogP contribution in [-0.4, -0.2) is 55.6 Å². The molecular weight excluding hydrogens is 516 g/mol. The Labute approximate surface area is 238 Å². The molecule has 0 fully saturated rings. The molecule has 0 unspecified atom stereocenters. The third kappa shape index (κ3) is 8.26. The topological polar surface area (TPSA) is 113 Å². The Hall–Kier alpha value is -3.49. The Balaban J connectivity index is 2.96. The summed E-state index contributed by atoms with van der Waals surface area (Å²) in [6.45, 7) is 13.4. The first kappa shape index (κ1) is 32.7. The molecule has 0 atom stereocenters. The second-order valence-corrected chi connectivity index (χ2v) is 9.27. The van der Waals surface area contributed by atoms with Crippen LogP contribution >= 0.6 is 0 Å². The van der Waals surface area contributed by atoms with Gasteiger partial charge in [0.05, 0.1) is 39.6 Å². The van der Waals surface area contributed by atoms with E-state index < -0.39 is 5.78 Å². The zero-order valence-corrected chi connectivity index (χ0v) is 24.9. The fourth-order valence-corrected chi connectivity index (χ4v) is 3.78. The van der Waals surface area contributed by atoms with Crippen LogP contribution in [0.2, 0.25) is 0 Å². The fourth-order valence-electron chi connectivity index (χ4n) is 3.78. The Kier molecular flexibility index (Phi) is 14.1. The summed E-state index contributed by atoms with van der Waals surface area (Å²) in [5.74, 6) is -0.326. The molecule has 0 aromatic heterocycles. The van der Waals surface area contributed by atoms with Crippen molar-refractivity contribution in [3.63, 3.8) is 0 Å². The maximum absolute atomic E-state index is 14.7. The zero-order valence-electron chi connectivity index (χ0n) is 24.9. The standard InChI is InChI=1S/C31H46O9/c1-7-13-35-23-19-21(32)28(37-15-9-3)30(39-17-11-5)25(23)27(34)26-24(36-14-8-2)20-22(33)29(38-16-10-4)31(26)40-18-12-6/h19-20,32-33H,7-18H2,1-6H3. The fraction of sp³-hybridized carbons (Fsp3) is 0.581. The number of phenols is 2. The number of ether oxygens (including phenoxy) is 6. The minimum atomic E-state index is -0.530. The maximum Gasteiger partial charge on any atom is 0.208 e. The van der Waals surface area contributed by atoms with E-state index in [1.165, 1.54) is 12.1 Å². The second kappa shape index (κ2) is 17.3. The molecule has 0 heterocycles. The van der Waals surface area contributed by atoms with E-state index in [2.05, 4.69) is 0 Å². The van der Waals surface area contributed by atoms with E-state index in [-0.39, 0.29) is 70.3 Å². The van der Waals surface area contributed by atoms with Gasteiger partial charge in [0, 0.05) is 12.1 Å². The summed E-state index contributed by atoms with van der Waals surface area (Å²) in [5, 5.41) is 21.8. The van der Waals surface area contributed by atoms with Crippen molar-refractivity contribution in [1.82, 2.24) is 0 Å². The van der Waals surface area contributed by atoms with Gasteiger partial charge in [-0.2, -0.15) is 0 Å². The van der Waals surface area contributed by atoms with Gasteiger partial charge in [-0.15, -0.1) is 0 Å². The zero-order chi connectivity index (χ0) is 29.5. The van der Waals surface area contributed by atoms with Crippen LogP contribution < -0.4 is 28.4 Å². The Morgan fingerprint density at radius 1 is 0.500 bits per heavy atom. The number of ketones is 1. The second-order valence-electron chi connectivity index (χ2n) is 9.27. The monoisotopic (exact) mass is 562 g/mol. The number of carbonyl (C=O) groups is 1. The maximum atomic E-state index is 14.7. The molecule has 0 bridgehead atoms. The minimum absolute atomic E-state index is 0.0655. The van der Waals surface area contributed by atoms with Crippen LogP contribution in [0.15, 0.2) is 12.1 Å². The first-order chi connectivity index (χ1) is 19.4. The SMILES string of the molecule is CCCOc1cc(O)c(OCCC)c(OCCC)c1C(=O)c1c(OCCC)cc(O)c(OCCC)c1OCCC. The van der Waals surface area contributed by atoms with Gasteiger partial charge < -0.3 is 38.6 Å². The third-order valence-corrected chi connectivity index (χ3v) is 5.54. The van der Waals surface area contributed by atoms with Crippen LogP contribution in [0.5, 0.6) is 46.0 Å². The lowest BCUT2D eigenvalue weighted by Gasteiger charge is -2.23. The molecule has 2 rings (SSSR count). The molecular formula is C31H46O9. The van der Waals surface area contributed by atoms with Gasteiger partial charge in [-0.3, -0.25) is 4.79 Å². The number of hydrogen-bond donors (Lipinski definition) is 2. The van der Waals surface area contributed by atoms with Crippen molar-refractivity contribution < 1.29 is 43.4 Å². The van der Waals surface area contributed by atoms with E-state index in [0.717, 1.165) is 0 Å². The van der Waals surface area contributed by atoms with Crippen LogP contribution in [0.25, 0.3) is 0 Å². The van der Waals surface area contributed by atoms with Crippen molar-refractivity contribution in [1.29, 1.82) is 0 Å². The van der Waals surface area contributed by atoms with Crippen molar-refractivity contribution >= 4 is 5.78 Å². The van der Waals surface area contributed by atoms with Gasteiger partial charge in [0.2, 0.25) is 17.3 Å². The molecule has 9 heteroatoms. The summed E-state index contributed by atoms with van der Waals surface area (Å²) in [7, 11) is 0. The van der Waals surface area contributed by atoms with Gasteiger partial charge in [-0.05, 0) is 38.5 Å². The Bertz CT molecular complexity index is 998. The van der Waals surface area contributed by atoms with E-state index in [4.69, 9.17) is 28.4 Å². The Morgan fingerprint density at radius 3 is 1.07 bits per heavy atom. The number of carbonyl (C=O) groups excluding carboxylic acids is 1. The van der Waals surface area contributed by atoms with Crippen molar-refractivity contribution in [3.8, 4) is 46.0 Å². The van der Waals surface area contributed by atoms with Crippen molar-refractivity contribution in [2.45, 2.75) is 80.1 Å². The van der Waals surface area contributed by atoms with Gasteiger partial charge in [-0.1, -0.05) is 41.5 Å². The number of hydrogen-bond acceptors (Lipinski definition) is 9. The van der Waals surface area contributed by atoms with Gasteiger partial charge >= 0.3 is 0 Å². The first-order valence-corrected chi connectivity index (χ1v) is 14.5. The lowest BCUT2D eigenvalue weighted by Crippen LogP contribution is -2.15. The minimum Gasteiger partial charge on any atom is -0.504 e. The van der Waals surface area contributed by atoms with E-state index in [1.54, 1.807) is 0 Å². The highest BCUT2D eigenvalue weighted by Gasteiger charge is 2.34. The van der Waals surface area contributed by atoms with Crippen molar-refractivity contribution in [3.05, 3.63) is 23.3 Å². The van der Waals surface area contributed by atoms with Gasteiger partial charge in [0.15, 0.2) is 23.0 Å². The molecule has 0 saturated heterocycles. The van der Waals surface area contributed by atoms with Crippen molar-refractivity contribution in [2.24, 2.45) is 0 Å². The summed E-state index contributed by atoms with van der Waals surface area (Å²) in [6, 6.07) is 2.75. The van der Waals surface area contributed by atoms with Crippen LogP contribution in [0, 0.1) is 0 Å². The molecule has 0 saturated carbocycles. The predicted octanol–water partition coefficient (Wildman–Crippen LogP) is 7.06. The molecule has 0 radical (unpaired) electrons. The van der Waals surface area contributed by atoms with E-state index in [1.807, 2.05) is 41.5 Å². The lowest BCUT2D eigenvalue weighted by molar-refractivity contribution is 0.101. The highest BCUT2D eigenvalue weighted by Crippen LogP contribution is 2.51. The summed E-state index contributed by atoms with van der Waals surface area (Å²) < 4.78 is 35.8. The molecule has 2 N–H and O–H groups in total. The molecule has 2 aromatic carbocycles. The van der Waals surface area contributed by atoms with E-state index >= 15 is 0 Å². The first-order valence-electron chi connectivity index (χ1n) is 14.5. The van der Waals surface area contributed by atoms with Crippen LogP contribution in [0.4, 0.5) is 0 Å². The number of phenolic OH excluding ortho intramolecular Hbond substituents is 2. The summed E-state index contributed by atoms with van der Waals surface area (Å²) in [5.41, 5.74) is 0.140. The number of aromatic hydroxyl groups is 2. The molecule has 0 amide bonds. The normalized spacial score (nSPS) is 10.8. The average Bonchev–Trinajstić information content (AvgIpc) is 2.95. The lowest BCUT2D eigenvalue weighted by atomic mass is 9.97. The van der Waals surface area contributed by atoms with Gasteiger partial charge in [0.1, 0.15) is 22.6 Å². The summed E-state index contributed by atoms with van der Waals surface area (Å²) in [4.78, 5) is 14.7. The summed E-state index contributed by atoms with van der Waals surface area (Å²) in [6.07, 6.45) is 4.04. The molecule has 0 aliphatic rings. The Morgan fingerprint density at radius 2 is 0.775 bits per heavy atom. The smallest absolute Gasteiger partial charge is 0.208 e.